The van der Waals surface area contributed by atoms with Crippen LogP contribution in [0.4, 0.5) is 0 Å². The molecule has 0 radical (unpaired) electrons. The summed E-state index contributed by atoms with van der Waals surface area (Å²) in [5, 5.41) is -0.0740. The molecule has 0 aliphatic rings. The van der Waals surface area contributed by atoms with Gasteiger partial charge < -0.3 is 13.8 Å². The van der Waals surface area contributed by atoms with Crippen molar-refractivity contribution in [3.05, 3.63) is 23.0 Å². The van der Waals surface area contributed by atoms with Gasteiger partial charge in [-0.3, -0.25) is 4.57 Å². The van der Waals surface area contributed by atoms with E-state index in [1.165, 1.54) is 6.08 Å². The average molecular weight is 395 g/mol. The van der Waals surface area contributed by atoms with Crippen LogP contribution in [0, 0.1) is 0 Å². The van der Waals surface area contributed by atoms with E-state index in [2.05, 4.69) is 0 Å². The van der Waals surface area contributed by atoms with Crippen LogP contribution in [0.15, 0.2) is 23.0 Å². The second kappa shape index (κ2) is 11.9. The molecular weight excluding hydrogens is 363 g/mol. The van der Waals surface area contributed by atoms with Crippen LogP contribution in [0.1, 0.15) is 60.8 Å². The topological polar surface area (TPSA) is 61.8 Å². The summed E-state index contributed by atoms with van der Waals surface area (Å²) in [6.45, 7) is 11.5. The lowest BCUT2D eigenvalue weighted by Crippen LogP contribution is -2.11. The molecule has 0 rings (SSSR count). The van der Waals surface area contributed by atoms with Crippen molar-refractivity contribution in [2.24, 2.45) is 0 Å². The molecule has 7 heteroatoms. The molecule has 0 aromatic rings. The van der Waals surface area contributed by atoms with Crippen molar-refractivity contribution in [2.45, 2.75) is 65.7 Å². The molecule has 0 amide bonds. The smallest absolute Gasteiger partial charge is 0.368 e. The van der Waals surface area contributed by atoms with Gasteiger partial charge in [0.15, 0.2) is 0 Å². The van der Waals surface area contributed by atoms with Crippen molar-refractivity contribution < 1.29 is 23.1 Å². The fourth-order valence-corrected chi connectivity index (χ4v) is 3.80. The average Bonchev–Trinajstić information content (AvgIpc) is 2.46. The van der Waals surface area contributed by atoms with E-state index in [1.54, 1.807) is 26.8 Å². The lowest BCUT2D eigenvalue weighted by molar-refractivity contribution is -0.137. The van der Waals surface area contributed by atoms with E-state index in [0.29, 0.717) is 0 Å². The highest BCUT2D eigenvalue weighted by molar-refractivity contribution is 7.59. The van der Waals surface area contributed by atoms with Gasteiger partial charge in [-0.05, 0) is 66.9 Å². The molecule has 0 heterocycles. The highest BCUT2D eigenvalue weighted by atomic mass is 35.5. The molecule has 0 atom stereocenters. The van der Waals surface area contributed by atoms with Gasteiger partial charge in [-0.25, -0.2) is 4.79 Å². The van der Waals surface area contributed by atoms with Crippen LogP contribution in [-0.4, -0.2) is 30.7 Å². The molecule has 0 spiro atoms. The Morgan fingerprint density at radius 2 is 1.64 bits per heavy atom. The summed E-state index contributed by atoms with van der Waals surface area (Å²) in [5.74, 6) is -0.682. The lowest BCUT2D eigenvalue weighted by atomic mass is 10.0. The third kappa shape index (κ3) is 10.2. The minimum atomic E-state index is -3.70. The Balaban J connectivity index is 5.38. The van der Waals surface area contributed by atoms with Crippen molar-refractivity contribution in [2.75, 3.05) is 19.8 Å². The van der Waals surface area contributed by atoms with E-state index in [1.807, 2.05) is 20.8 Å². The van der Waals surface area contributed by atoms with E-state index in [-0.39, 0.29) is 30.0 Å². The van der Waals surface area contributed by atoms with E-state index in [0.717, 1.165) is 24.8 Å². The molecule has 0 aliphatic heterocycles. The van der Waals surface area contributed by atoms with E-state index in [4.69, 9.17) is 25.4 Å². The van der Waals surface area contributed by atoms with Crippen molar-refractivity contribution in [3.63, 3.8) is 0 Å². The zero-order valence-corrected chi connectivity index (χ0v) is 17.9. The Morgan fingerprint density at radius 1 is 1.08 bits per heavy atom. The van der Waals surface area contributed by atoms with Crippen LogP contribution in [0.2, 0.25) is 0 Å². The third-order valence-electron chi connectivity index (χ3n) is 3.25. The number of esters is 1. The molecule has 0 fully saturated rings. The Morgan fingerprint density at radius 3 is 2.08 bits per heavy atom. The fraction of sp³-hybridized carbons (Fsp3) is 0.722. The molecule has 0 aliphatic carbocycles. The standard InChI is InChI=1S/C18H32ClO5P/c1-7-22-17(20)16(25(21,23-8-2)24-9-3)13-12-15(4)11-10-14-18(5,6)19/h12-13H,7-11,14H2,1-6H3/b15-12+,16-13-. The van der Waals surface area contributed by atoms with Crippen LogP contribution in [0.3, 0.4) is 0 Å². The third-order valence-corrected chi connectivity index (χ3v) is 5.55. The summed E-state index contributed by atoms with van der Waals surface area (Å²) in [6, 6.07) is 0. The van der Waals surface area contributed by atoms with Crippen molar-refractivity contribution in [1.82, 2.24) is 0 Å². The minimum Gasteiger partial charge on any atom is -0.462 e. The number of rotatable bonds is 12. The number of allylic oxidation sites excluding steroid dienone is 3. The molecule has 0 saturated heterocycles. The number of halogens is 1. The van der Waals surface area contributed by atoms with Gasteiger partial charge in [-0.15, -0.1) is 11.6 Å². The van der Waals surface area contributed by atoms with Gasteiger partial charge in [0.2, 0.25) is 0 Å². The number of ether oxygens (including phenoxy) is 1. The summed E-state index contributed by atoms with van der Waals surface area (Å²) in [4.78, 5) is 12.0. The van der Waals surface area contributed by atoms with E-state index < -0.39 is 13.6 Å². The highest BCUT2D eigenvalue weighted by Gasteiger charge is 2.35. The SMILES string of the molecule is CCOC(=O)/C(=C/C=C(\C)CCCC(C)(C)Cl)P(=O)(OCC)OCC. The van der Waals surface area contributed by atoms with Crippen molar-refractivity contribution in [3.8, 4) is 0 Å². The summed E-state index contributed by atoms with van der Waals surface area (Å²) in [5.41, 5.74) is 1.04. The van der Waals surface area contributed by atoms with Crippen LogP contribution in [0.5, 0.6) is 0 Å². The molecule has 0 bridgehead atoms. The molecule has 0 aromatic carbocycles. The second-order valence-corrected chi connectivity index (χ2v) is 9.21. The van der Waals surface area contributed by atoms with Crippen LogP contribution in [-0.2, 0) is 23.1 Å². The molecule has 5 nitrogen and oxygen atoms in total. The zero-order valence-electron chi connectivity index (χ0n) is 16.3. The Kier molecular flexibility index (Phi) is 11.6. The maximum absolute atomic E-state index is 12.9. The first-order chi connectivity index (χ1) is 11.6. The first kappa shape index (κ1) is 24.4. The number of alkyl halides is 1. The van der Waals surface area contributed by atoms with Gasteiger partial charge in [-0.2, -0.15) is 0 Å². The molecule has 146 valence electrons. The largest absolute Gasteiger partial charge is 0.462 e. The Bertz CT molecular complexity index is 510. The summed E-state index contributed by atoms with van der Waals surface area (Å²) < 4.78 is 28.5. The summed E-state index contributed by atoms with van der Waals surface area (Å²) in [7, 11) is -3.70. The predicted octanol–water partition coefficient (Wildman–Crippen LogP) is 5.83. The number of hydrogen-bond acceptors (Lipinski definition) is 5. The molecule has 0 N–H and O–H groups in total. The summed E-state index contributed by atoms with van der Waals surface area (Å²) in [6.07, 6.45) is 5.89. The Labute approximate surface area is 157 Å². The maximum Gasteiger partial charge on any atom is 0.368 e. The van der Waals surface area contributed by atoms with Crippen LogP contribution in [0.25, 0.3) is 0 Å². The minimum absolute atomic E-state index is 0.0740. The van der Waals surface area contributed by atoms with Gasteiger partial charge in [0, 0.05) is 4.87 Å². The molecule has 0 saturated carbocycles. The summed E-state index contributed by atoms with van der Waals surface area (Å²) >= 11 is 6.19. The van der Waals surface area contributed by atoms with Crippen molar-refractivity contribution in [1.29, 1.82) is 0 Å². The van der Waals surface area contributed by atoms with Crippen molar-refractivity contribution >= 4 is 25.2 Å². The molecule has 25 heavy (non-hydrogen) atoms. The van der Waals surface area contributed by atoms with E-state index in [9.17, 15) is 9.36 Å². The molecule has 0 aromatic heterocycles. The van der Waals surface area contributed by atoms with Crippen LogP contribution >= 0.6 is 19.2 Å². The van der Waals surface area contributed by atoms with E-state index >= 15 is 0 Å². The molecule has 0 unspecified atom stereocenters. The zero-order chi connectivity index (χ0) is 19.5. The van der Waals surface area contributed by atoms with Gasteiger partial charge in [0.05, 0.1) is 19.8 Å². The van der Waals surface area contributed by atoms with Gasteiger partial charge in [0.1, 0.15) is 5.31 Å². The quantitative estimate of drug-likeness (QED) is 0.137. The first-order valence-electron chi connectivity index (χ1n) is 8.72. The van der Waals surface area contributed by atoms with Gasteiger partial charge in [-0.1, -0.05) is 11.6 Å². The van der Waals surface area contributed by atoms with Crippen LogP contribution < -0.4 is 0 Å². The number of hydrogen-bond donors (Lipinski definition) is 0. The number of carbonyl (C=O) groups is 1. The van der Waals surface area contributed by atoms with Gasteiger partial charge >= 0.3 is 13.6 Å². The lowest BCUT2D eigenvalue weighted by Gasteiger charge is -2.18. The first-order valence-corrected chi connectivity index (χ1v) is 10.6. The monoisotopic (exact) mass is 394 g/mol. The Hall–Kier alpha value is -0.610. The van der Waals surface area contributed by atoms with Gasteiger partial charge in [0.25, 0.3) is 0 Å². The predicted molar refractivity (Wildman–Crippen MR) is 103 cm³/mol. The maximum atomic E-state index is 12.9. The second-order valence-electron chi connectivity index (χ2n) is 6.19. The number of carbonyl (C=O) groups excluding carboxylic acids is 1. The fourth-order valence-electron chi connectivity index (χ4n) is 2.08. The normalized spacial score (nSPS) is 13.9. The molecular formula is C18H32ClO5P. The highest BCUT2D eigenvalue weighted by Crippen LogP contribution is 2.56.